The van der Waals surface area contributed by atoms with Gasteiger partial charge in [0.2, 0.25) is 5.91 Å². The molecule has 0 atom stereocenters. The van der Waals surface area contributed by atoms with Gasteiger partial charge in [-0.2, -0.15) is 0 Å². The normalized spacial score (nSPS) is 10.4. The van der Waals surface area contributed by atoms with Crippen molar-refractivity contribution in [2.75, 3.05) is 25.0 Å². The number of hydrogen-bond acceptors (Lipinski definition) is 4. The van der Waals surface area contributed by atoms with E-state index in [-0.39, 0.29) is 18.0 Å². The van der Waals surface area contributed by atoms with Crippen molar-refractivity contribution in [1.82, 2.24) is 15.3 Å². The van der Waals surface area contributed by atoms with Crippen LogP contribution in [0.25, 0.3) is 10.9 Å². The SMILES string of the molecule is CCNC(=O)CN(C)c1cc(=O)[nH]c2cnccc12. The molecule has 19 heavy (non-hydrogen) atoms. The number of rotatable bonds is 4. The largest absolute Gasteiger partial charge is 0.365 e. The van der Waals surface area contributed by atoms with Crippen LogP contribution in [0.2, 0.25) is 0 Å². The number of nitrogens with one attached hydrogen (secondary N) is 2. The molecule has 0 aromatic carbocycles. The monoisotopic (exact) mass is 260 g/mol. The Labute approximate surface area is 110 Å². The van der Waals surface area contributed by atoms with Gasteiger partial charge in [0.15, 0.2) is 0 Å². The Hall–Kier alpha value is -2.37. The summed E-state index contributed by atoms with van der Waals surface area (Å²) in [4.78, 5) is 31.7. The Balaban J connectivity index is 2.38. The molecule has 2 aromatic heterocycles. The first-order valence-corrected chi connectivity index (χ1v) is 6.06. The van der Waals surface area contributed by atoms with Gasteiger partial charge in [0, 0.05) is 31.2 Å². The average Bonchev–Trinajstić information content (AvgIpc) is 2.37. The van der Waals surface area contributed by atoms with E-state index in [1.54, 1.807) is 24.3 Å². The summed E-state index contributed by atoms with van der Waals surface area (Å²) in [5, 5.41) is 3.59. The maximum absolute atomic E-state index is 11.6. The minimum atomic E-state index is -0.210. The van der Waals surface area contributed by atoms with Gasteiger partial charge in [-0.15, -0.1) is 0 Å². The number of likely N-dealkylation sites (N-methyl/N-ethyl adjacent to an activating group) is 2. The van der Waals surface area contributed by atoms with Crippen LogP contribution in [0.5, 0.6) is 0 Å². The fourth-order valence-corrected chi connectivity index (χ4v) is 1.96. The Bertz CT molecular complexity index is 650. The molecule has 0 saturated carbocycles. The van der Waals surface area contributed by atoms with Crippen molar-refractivity contribution in [3.05, 3.63) is 34.9 Å². The van der Waals surface area contributed by atoms with Crippen LogP contribution in [-0.4, -0.2) is 36.0 Å². The van der Waals surface area contributed by atoms with E-state index in [0.717, 1.165) is 5.39 Å². The minimum absolute atomic E-state index is 0.0764. The van der Waals surface area contributed by atoms with Gasteiger partial charge >= 0.3 is 0 Å². The molecule has 0 unspecified atom stereocenters. The summed E-state index contributed by atoms with van der Waals surface area (Å²) in [6, 6.07) is 3.30. The first kappa shape index (κ1) is 13.1. The molecule has 100 valence electrons. The van der Waals surface area contributed by atoms with E-state index < -0.39 is 0 Å². The van der Waals surface area contributed by atoms with Crippen molar-refractivity contribution >= 4 is 22.5 Å². The number of nitrogens with zero attached hydrogens (tertiary/aromatic N) is 2. The number of hydrogen-bond donors (Lipinski definition) is 2. The molecule has 2 aromatic rings. The first-order valence-electron chi connectivity index (χ1n) is 6.06. The summed E-state index contributed by atoms with van der Waals surface area (Å²) in [6.07, 6.45) is 3.25. The number of anilines is 1. The summed E-state index contributed by atoms with van der Waals surface area (Å²) in [5.74, 6) is -0.0764. The van der Waals surface area contributed by atoms with E-state index in [2.05, 4.69) is 15.3 Å². The quantitative estimate of drug-likeness (QED) is 0.839. The fourth-order valence-electron chi connectivity index (χ4n) is 1.96. The van der Waals surface area contributed by atoms with Gasteiger partial charge in [0.1, 0.15) is 0 Å². The lowest BCUT2D eigenvalue weighted by Gasteiger charge is -2.20. The predicted molar refractivity (Wildman–Crippen MR) is 74.3 cm³/mol. The number of fused-ring (bicyclic) bond motifs is 1. The molecule has 1 amide bonds. The number of carbonyl (C=O) groups is 1. The molecule has 2 N–H and O–H groups in total. The van der Waals surface area contributed by atoms with Crippen molar-refractivity contribution in [2.24, 2.45) is 0 Å². The van der Waals surface area contributed by atoms with E-state index in [1.165, 1.54) is 6.07 Å². The highest BCUT2D eigenvalue weighted by atomic mass is 16.2. The van der Waals surface area contributed by atoms with Gasteiger partial charge in [0.05, 0.1) is 23.9 Å². The summed E-state index contributed by atoms with van der Waals surface area (Å²) < 4.78 is 0. The molecule has 0 aliphatic carbocycles. The third-order valence-electron chi connectivity index (χ3n) is 2.79. The van der Waals surface area contributed by atoms with Gasteiger partial charge in [-0.1, -0.05) is 0 Å². The molecule has 0 bridgehead atoms. The predicted octanol–water partition coefficient (Wildman–Crippen LogP) is 0.495. The Morgan fingerprint density at radius 1 is 1.53 bits per heavy atom. The van der Waals surface area contributed by atoms with Crippen molar-refractivity contribution in [3.8, 4) is 0 Å². The molecular formula is C13H16N4O2. The fraction of sp³-hybridized carbons (Fsp3) is 0.308. The molecule has 6 heteroatoms. The smallest absolute Gasteiger partial charge is 0.250 e. The molecule has 0 saturated heterocycles. The van der Waals surface area contributed by atoms with E-state index in [0.29, 0.717) is 17.7 Å². The lowest BCUT2D eigenvalue weighted by molar-refractivity contribution is -0.119. The number of pyridine rings is 2. The third-order valence-corrected chi connectivity index (χ3v) is 2.79. The zero-order chi connectivity index (χ0) is 13.8. The highest BCUT2D eigenvalue weighted by Gasteiger charge is 2.11. The van der Waals surface area contributed by atoms with Gasteiger partial charge in [-0.05, 0) is 13.0 Å². The molecular weight excluding hydrogens is 244 g/mol. The van der Waals surface area contributed by atoms with Crippen LogP contribution in [0, 0.1) is 0 Å². The average molecular weight is 260 g/mol. The molecule has 0 spiro atoms. The topological polar surface area (TPSA) is 78.1 Å². The second kappa shape index (κ2) is 5.51. The Kier molecular flexibility index (Phi) is 3.79. The number of amides is 1. The van der Waals surface area contributed by atoms with E-state index in [4.69, 9.17) is 0 Å². The van der Waals surface area contributed by atoms with Crippen LogP contribution in [0.4, 0.5) is 5.69 Å². The van der Waals surface area contributed by atoms with Crippen molar-refractivity contribution in [2.45, 2.75) is 6.92 Å². The van der Waals surface area contributed by atoms with Gasteiger partial charge < -0.3 is 15.2 Å². The molecule has 0 radical (unpaired) electrons. The summed E-state index contributed by atoms with van der Waals surface area (Å²) in [5.41, 5.74) is 1.17. The Morgan fingerprint density at radius 2 is 2.32 bits per heavy atom. The van der Waals surface area contributed by atoms with Crippen LogP contribution in [0.1, 0.15) is 6.92 Å². The van der Waals surface area contributed by atoms with E-state index in [1.807, 2.05) is 13.0 Å². The molecule has 0 aliphatic heterocycles. The molecule has 0 fully saturated rings. The van der Waals surface area contributed by atoms with Gasteiger partial charge in [-0.25, -0.2) is 0 Å². The maximum Gasteiger partial charge on any atom is 0.250 e. The highest BCUT2D eigenvalue weighted by Crippen LogP contribution is 2.21. The van der Waals surface area contributed by atoms with Crippen LogP contribution < -0.4 is 15.8 Å². The van der Waals surface area contributed by atoms with Gasteiger partial charge in [-0.3, -0.25) is 14.6 Å². The maximum atomic E-state index is 11.6. The summed E-state index contributed by atoms with van der Waals surface area (Å²) in [7, 11) is 1.78. The zero-order valence-electron chi connectivity index (χ0n) is 10.9. The van der Waals surface area contributed by atoms with E-state index in [9.17, 15) is 9.59 Å². The lowest BCUT2D eigenvalue weighted by atomic mass is 10.2. The standard InChI is InChI=1S/C13H16N4O2/c1-3-15-13(19)8-17(2)11-6-12(18)16-10-7-14-5-4-9(10)11/h4-7H,3,8H2,1-2H3,(H,15,19)(H,16,18). The zero-order valence-corrected chi connectivity index (χ0v) is 10.9. The van der Waals surface area contributed by atoms with Crippen LogP contribution in [0.15, 0.2) is 29.3 Å². The second-order valence-electron chi connectivity index (χ2n) is 4.25. The first-order chi connectivity index (χ1) is 9.11. The molecule has 2 rings (SSSR count). The van der Waals surface area contributed by atoms with Crippen molar-refractivity contribution in [1.29, 1.82) is 0 Å². The number of carbonyl (C=O) groups excluding carboxylic acids is 1. The number of aromatic nitrogens is 2. The van der Waals surface area contributed by atoms with Crippen molar-refractivity contribution in [3.63, 3.8) is 0 Å². The second-order valence-corrected chi connectivity index (χ2v) is 4.25. The van der Waals surface area contributed by atoms with Gasteiger partial charge in [0.25, 0.3) is 5.56 Å². The minimum Gasteiger partial charge on any atom is -0.365 e. The van der Waals surface area contributed by atoms with Crippen LogP contribution >= 0.6 is 0 Å². The molecule has 2 heterocycles. The van der Waals surface area contributed by atoms with Crippen molar-refractivity contribution < 1.29 is 4.79 Å². The number of aromatic amines is 1. The molecule has 6 nitrogen and oxygen atoms in total. The lowest BCUT2D eigenvalue weighted by Crippen LogP contribution is -2.35. The molecule has 0 aliphatic rings. The van der Waals surface area contributed by atoms with E-state index >= 15 is 0 Å². The Morgan fingerprint density at radius 3 is 3.05 bits per heavy atom. The van der Waals surface area contributed by atoms with Crippen LogP contribution in [-0.2, 0) is 4.79 Å². The third kappa shape index (κ3) is 2.90. The summed E-state index contributed by atoms with van der Waals surface area (Å²) >= 11 is 0. The summed E-state index contributed by atoms with van der Waals surface area (Å²) in [6.45, 7) is 2.66. The van der Waals surface area contributed by atoms with Crippen LogP contribution in [0.3, 0.4) is 0 Å². The number of H-pyrrole nitrogens is 1. The highest BCUT2D eigenvalue weighted by molar-refractivity contribution is 5.92.